The van der Waals surface area contributed by atoms with Gasteiger partial charge < -0.3 is 14.1 Å². The summed E-state index contributed by atoms with van der Waals surface area (Å²) in [5.41, 5.74) is 2.06. The molecule has 0 bridgehead atoms. The minimum Gasteiger partial charge on any atom is -0.462 e. The van der Waals surface area contributed by atoms with Crippen molar-refractivity contribution in [2.45, 2.75) is 6.92 Å². The molecule has 0 saturated carbocycles. The smallest absolute Gasteiger partial charge is 0.338 e. The van der Waals surface area contributed by atoms with E-state index in [1.54, 1.807) is 25.1 Å². The Hall–Kier alpha value is -2.25. The van der Waals surface area contributed by atoms with Gasteiger partial charge in [-0.2, -0.15) is 11.8 Å². The molecule has 1 aromatic carbocycles. The van der Waals surface area contributed by atoms with E-state index < -0.39 is 0 Å². The molecule has 0 amide bonds. The summed E-state index contributed by atoms with van der Waals surface area (Å²) in [5.74, 6) is 2.41. The topological polar surface area (TPSA) is 59.8 Å². The van der Waals surface area contributed by atoms with Crippen molar-refractivity contribution in [2.75, 3.05) is 36.1 Å². The summed E-state index contributed by atoms with van der Waals surface area (Å²) in [6.07, 6.45) is 0. The van der Waals surface area contributed by atoms with Gasteiger partial charge in [0.15, 0.2) is 11.5 Å². The summed E-state index contributed by atoms with van der Waals surface area (Å²) in [7, 11) is 0. The summed E-state index contributed by atoms with van der Waals surface area (Å²) >= 11 is 3.33. The first-order valence-corrected chi connectivity index (χ1v) is 10.8. The number of rotatable bonds is 4. The SMILES string of the molecule is CCOC(=O)c1ccc(-c2cc3oc(N4CCSCC4)cc(=O)c3s2)cc1. The number of ether oxygens (including phenoxy) is 1. The maximum Gasteiger partial charge on any atom is 0.338 e. The van der Waals surface area contributed by atoms with E-state index in [-0.39, 0.29) is 11.4 Å². The van der Waals surface area contributed by atoms with E-state index in [4.69, 9.17) is 9.15 Å². The molecule has 3 heterocycles. The summed E-state index contributed by atoms with van der Waals surface area (Å²) < 4.78 is 11.7. The molecule has 1 aliphatic heterocycles. The van der Waals surface area contributed by atoms with Crippen LogP contribution in [0.5, 0.6) is 0 Å². The molecule has 1 fully saturated rings. The predicted octanol–water partition coefficient (Wildman–Crippen LogP) is 4.25. The first-order chi connectivity index (χ1) is 13.2. The molecular formula is C20H19NO4S2. The zero-order chi connectivity index (χ0) is 18.8. The molecule has 0 spiro atoms. The number of carbonyl (C=O) groups is 1. The lowest BCUT2D eigenvalue weighted by Gasteiger charge is -2.26. The Morgan fingerprint density at radius 1 is 1.19 bits per heavy atom. The van der Waals surface area contributed by atoms with E-state index in [9.17, 15) is 9.59 Å². The van der Waals surface area contributed by atoms with Crippen molar-refractivity contribution in [2.24, 2.45) is 0 Å². The van der Waals surface area contributed by atoms with Crippen LogP contribution in [0.15, 0.2) is 45.6 Å². The summed E-state index contributed by atoms with van der Waals surface area (Å²) in [4.78, 5) is 27.4. The van der Waals surface area contributed by atoms with Gasteiger partial charge in [-0.15, -0.1) is 11.3 Å². The highest BCUT2D eigenvalue weighted by atomic mass is 32.2. The molecule has 27 heavy (non-hydrogen) atoms. The number of carbonyl (C=O) groups excluding carboxylic acids is 1. The number of thioether (sulfide) groups is 1. The minimum absolute atomic E-state index is 0.0103. The number of anilines is 1. The second-order valence-electron chi connectivity index (χ2n) is 6.15. The van der Waals surface area contributed by atoms with Crippen molar-refractivity contribution < 1.29 is 13.9 Å². The Labute approximate surface area is 164 Å². The van der Waals surface area contributed by atoms with Crippen LogP contribution in [0.3, 0.4) is 0 Å². The highest BCUT2D eigenvalue weighted by Gasteiger charge is 2.17. The van der Waals surface area contributed by atoms with Crippen LogP contribution in [0.2, 0.25) is 0 Å². The molecule has 140 valence electrons. The zero-order valence-corrected chi connectivity index (χ0v) is 16.5. The van der Waals surface area contributed by atoms with Crippen LogP contribution in [0.25, 0.3) is 20.7 Å². The summed E-state index contributed by atoms with van der Waals surface area (Å²) in [6.45, 7) is 3.92. The molecule has 0 atom stereocenters. The lowest BCUT2D eigenvalue weighted by molar-refractivity contribution is 0.0526. The van der Waals surface area contributed by atoms with E-state index in [1.165, 1.54) is 11.3 Å². The van der Waals surface area contributed by atoms with Crippen LogP contribution in [-0.4, -0.2) is 37.2 Å². The Morgan fingerprint density at radius 3 is 2.63 bits per heavy atom. The number of benzene rings is 1. The van der Waals surface area contributed by atoms with Crippen LogP contribution in [0.4, 0.5) is 5.88 Å². The van der Waals surface area contributed by atoms with E-state index in [0.717, 1.165) is 35.0 Å². The lowest BCUT2D eigenvalue weighted by atomic mass is 10.1. The third-order valence-electron chi connectivity index (χ3n) is 4.39. The van der Waals surface area contributed by atoms with E-state index in [2.05, 4.69) is 4.90 Å². The molecule has 5 nitrogen and oxygen atoms in total. The van der Waals surface area contributed by atoms with E-state index in [1.807, 2.05) is 30.0 Å². The highest BCUT2D eigenvalue weighted by molar-refractivity contribution is 7.99. The van der Waals surface area contributed by atoms with Crippen molar-refractivity contribution >= 4 is 45.2 Å². The number of hydrogen-bond acceptors (Lipinski definition) is 7. The van der Waals surface area contributed by atoms with Crippen LogP contribution in [0, 0.1) is 0 Å². The number of esters is 1. The van der Waals surface area contributed by atoms with Gasteiger partial charge in [0.05, 0.1) is 12.2 Å². The number of fused-ring (bicyclic) bond motifs is 1. The van der Waals surface area contributed by atoms with Crippen molar-refractivity contribution in [3.63, 3.8) is 0 Å². The van der Waals surface area contributed by atoms with E-state index >= 15 is 0 Å². The summed E-state index contributed by atoms with van der Waals surface area (Å²) in [6, 6.07) is 10.7. The molecule has 7 heteroatoms. The normalized spacial score (nSPS) is 14.5. The zero-order valence-electron chi connectivity index (χ0n) is 14.9. The number of thiophene rings is 1. The quantitative estimate of drug-likeness (QED) is 0.609. The predicted molar refractivity (Wildman–Crippen MR) is 111 cm³/mol. The molecule has 1 saturated heterocycles. The monoisotopic (exact) mass is 401 g/mol. The molecule has 0 N–H and O–H groups in total. The molecule has 0 aliphatic carbocycles. The number of hydrogen-bond donors (Lipinski definition) is 0. The Balaban J connectivity index is 1.66. The van der Waals surface area contributed by atoms with Gasteiger partial charge in [-0.25, -0.2) is 4.79 Å². The maximum atomic E-state index is 12.6. The van der Waals surface area contributed by atoms with Gasteiger partial charge in [0.2, 0.25) is 5.43 Å². The maximum absolute atomic E-state index is 12.6. The van der Waals surface area contributed by atoms with Gasteiger partial charge in [-0.3, -0.25) is 4.79 Å². The Morgan fingerprint density at radius 2 is 1.93 bits per heavy atom. The highest BCUT2D eigenvalue weighted by Crippen LogP contribution is 2.34. The molecular weight excluding hydrogens is 382 g/mol. The largest absolute Gasteiger partial charge is 0.462 e. The average Bonchev–Trinajstić information content (AvgIpc) is 3.14. The molecule has 3 aromatic rings. The number of nitrogens with zero attached hydrogens (tertiary/aromatic N) is 1. The lowest BCUT2D eigenvalue weighted by Crippen LogP contribution is -2.32. The van der Waals surface area contributed by atoms with Gasteiger partial charge in [-0.1, -0.05) is 12.1 Å². The van der Waals surface area contributed by atoms with Gasteiger partial charge in [0.1, 0.15) is 4.70 Å². The first-order valence-electron chi connectivity index (χ1n) is 8.83. The second-order valence-corrected chi connectivity index (χ2v) is 8.43. The average molecular weight is 402 g/mol. The van der Waals surface area contributed by atoms with Crippen molar-refractivity contribution in [1.29, 1.82) is 0 Å². The van der Waals surface area contributed by atoms with Gasteiger partial charge in [0.25, 0.3) is 0 Å². The van der Waals surface area contributed by atoms with Crippen LogP contribution >= 0.6 is 23.1 Å². The van der Waals surface area contributed by atoms with Crippen LogP contribution < -0.4 is 10.3 Å². The Kier molecular flexibility index (Phi) is 5.22. The fourth-order valence-electron chi connectivity index (χ4n) is 3.01. The van der Waals surface area contributed by atoms with Gasteiger partial charge in [0, 0.05) is 41.6 Å². The fourth-order valence-corrected chi connectivity index (χ4v) is 4.91. The van der Waals surface area contributed by atoms with E-state index in [0.29, 0.717) is 28.3 Å². The minimum atomic E-state index is -0.332. The Bertz CT molecular complexity index is 1020. The molecule has 0 unspecified atom stereocenters. The first kappa shape index (κ1) is 18.1. The third-order valence-corrected chi connectivity index (χ3v) is 6.52. The van der Waals surface area contributed by atoms with Crippen LogP contribution in [0.1, 0.15) is 17.3 Å². The van der Waals surface area contributed by atoms with Crippen molar-refractivity contribution in [1.82, 2.24) is 0 Å². The standard InChI is InChI=1S/C20H19NO4S2/c1-2-24-20(23)14-5-3-13(4-6-14)17-12-16-19(27-17)15(22)11-18(25-16)21-7-9-26-10-8-21/h3-6,11-12H,2,7-10H2,1H3. The second kappa shape index (κ2) is 7.78. The van der Waals surface area contributed by atoms with Crippen molar-refractivity contribution in [3.8, 4) is 10.4 Å². The third kappa shape index (κ3) is 3.75. The van der Waals surface area contributed by atoms with Crippen molar-refractivity contribution in [3.05, 3.63) is 52.2 Å². The molecule has 2 aromatic heterocycles. The summed E-state index contributed by atoms with van der Waals surface area (Å²) in [5, 5.41) is 0. The molecule has 4 rings (SSSR count). The molecule has 0 radical (unpaired) electrons. The van der Waals surface area contributed by atoms with Crippen LogP contribution in [-0.2, 0) is 4.74 Å². The fraction of sp³-hybridized carbons (Fsp3) is 0.300. The molecule has 1 aliphatic rings. The van der Waals surface area contributed by atoms with Gasteiger partial charge in [-0.05, 0) is 24.6 Å². The van der Waals surface area contributed by atoms with Gasteiger partial charge >= 0.3 is 5.97 Å².